The Hall–Kier alpha value is -2.90. The number of benzene rings is 1. The summed E-state index contributed by atoms with van der Waals surface area (Å²) in [5.41, 5.74) is 0.514. The number of rotatable bonds is 5. The number of aryl methyl sites for hydroxylation is 1. The Kier molecular flexibility index (Phi) is 6.84. The molecule has 166 valence electrons. The molecule has 2 amide bonds. The summed E-state index contributed by atoms with van der Waals surface area (Å²) in [7, 11) is 0. The number of carbonyl (C=O) groups excluding carboxylic acids is 2. The van der Waals surface area contributed by atoms with Gasteiger partial charge in [0, 0.05) is 39.0 Å². The molecule has 2 aliphatic heterocycles. The molecule has 2 aromatic rings. The fourth-order valence-corrected chi connectivity index (χ4v) is 4.36. The lowest BCUT2D eigenvalue weighted by Crippen LogP contribution is -2.44. The van der Waals surface area contributed by atoms with E-state index in [9.17, 15) is 9.59 Å². The van der Waals surface area contributed by atoms with E-state index in [1.54, 1.807) is 19.1 Å². The Morgan fingerprint density at radius 3 is 2.42 bits per heavy atom. The van der Waals surface area contributed by atoms with Crippen LogP contribution in [-0.4, -0.2) is 57.9 Å². The van der Waals surface area contributed by atoms with Crippen LogP contribution in [0.4, 0.5) is 0 Å². The lowest BCUT2D eigenvalue weighted by molar-refractivity contribution is -0.136. The van der Waals surface area contributed by atoms with E-state index in [0.717, 1.165) is 25.9 Å². The molecule has 0 aliphatic carbocycles. The number of para-hydroxylation sites is 1. The standard InChI is InChI=1S/C23H30N4O4/c1-17-24-21(25-31-17)16-30-20-9-5-4-8-19(20)23(29)27-14-10-18(11-15-27)22(28)26-12-6-2-3-7-13-26/h4-5,8-9,18H,2-3,6-7,10-16H2,1H3. The van der Waals surface area contributed by atoms with Crippen LogP contribution in [0.15, 0.2) is 28.8 Å². The number of hydrogen-bond acceptors (Lipinski definition) is 6. The number of likely N-dealkylation sites (tertiary alicyclic amines) is 2. The van der Waals surface area contributed by atoms with Crippen LogP contribution in [-0.2, 0) is 11.4 Å². The van der Waals surface area contributed by atoms with Crippen molar-refractivity contribution < 1.29 is 18.8 Å². The molecule has 0 atom stereocenters. The second-order valence-corrected chi connectivity index (χ2v) is 8.32. The van der Waals surface area contributed by atoms with Gasteiger partial charge in [0.05, 0.1) is 5.56 Å². The summed E-state index contributed by atoms with van der Waals surface area (Å²) in [6, 6.07) is 7.21. The van der Waals surface area contributed by atoms with Crippen molar-refractivity contribution in [2.24, 2.45) is 5.92 Å². The summed E-state index contributed by atoms with van der Waals surface area (Å²) in [5, 5.41) is 3.82. The third-order valence-electron chi connectivity index (χ3n) is 6.09. The summed E-state index contributed by atoms with van der Waals surface area (Å²) in [6.07, 6.45) is 6.06. The van der Waals surface area contributed by atoms with Crippen LogP contribution >= 0.6 is 0 Å². The van der Waals surface area contributed by atoms with Gasteiger partial charge < -0.3 is 19.1 Å². The zero-order valence-corrected chi connectivity index (χ0v) is 18.1. The van der Waals surface area contributed by atoms with E-state index in [0.29, 0.717) is 49.0 Å². The third kappa shape index (κ3) is 5.24. The number of ether oxygens (including phenoxy) is 1. The summed E-state index contributed by atoms with van der Waals surface area (Å²) >= 11 is 0. The predicted molar refractivity (Wildman–Crippen MR) is 113 cm³/mol. The van der Waals surface area contributed by atoms with Crippen molar-refractivity contribution in [1.29, 1.82) is 0 Å². The largest absolute Gasteiger partial charge is 0.485 e. The van der Waals surface area contributed by atoms with Crippen LogP contribution < -0.4 is 4.74 Å². The highest BCUT2D eigenvalue weighted by atomic mass is 16.5. The van der Waals surface area contributed by atoms with Gasteiger partial charge in [-0.25, -0.2) is 0 Å². The van der Waals surface area contributed by atoms with Crippen LogP contribution in [0.5, 0.6) is 5.75 Å². The Balaban J connectivity index is 1.34. The Morgan fingerprint density at radius 2 is 1.74 bits per heavy atom. The summed E-state index contributed by atoms with van der Waals surface area (Å²) < 4.78 is 10.8. The number of hydrogen-bond donors (Lipinski definition) is 0. The normalized spacial score (nSPS) is 18.0. The third-order valence-corrected chi connectivity index (χ3v) is 6.09. The van der Waals surface area contributed by atoms with Crippen molar-refractivity contribution in [3.63, 3.8) is 0 Å². The van der Waals surface area contributed by atoms with Gasteiger partial charge in [0.1, 0.15) is 5.75 Å². The van der Waals surface area contributed by atoms with Crippen molar-refractivity contribution >= 4 is 11.8 Å². The quantitative estimate of drug-likeness (QED) is 0.729. The highest BCUT2D eigenvalue weighted by Crippen LogP contribution is 2.26. The first kappa shape index (κ1) is 21.3. The Morgan fingerprint density at radius 1 is 1.03 bits per heavy atom. The molecule has 8 nitrogen and oxygen atoms in total. The number of aromatic nitrogens is 2. The minimum atomic E-state index is -0.0689. The van der Waals surface area contributed by atoms with Gasteiger partial charge >= 0.3 is 0 Å². The van der Waals surface area contributed by atoms with Crippen LogP contribution in [0.2, 0.25) is 0 Å². The molecule has 2 saturated heterocycles. The monoisotopic (exact) mass is 426 g/mol. The molecule has 1 aromatic heterocycles. The van der Waals surface area contributed by atoms with Crippen LogP contribution in [0, 0.1) is 12.8 Å². The molecule has 0 unspecified atom stereocenters. The van der Waals surface area contributed by atoms with E-state index < -0.39 is 0 Å². The second-order valence-electron chi connectivity index (χ2n) is 8.32. The van der Waals surface area contributed by atoms with Crippen molar-refractivity contribution in [3.8, 4) is 5.75 Å². The topological polar surface area (TPSA) is 88.8 Å². The first-order valence-corrected chi connectivity index (χ1v) is 11.2. The summed E-state index contributed by atoms with van der Waals surface area (Å²) in [4.78, 5) is 34.1. The van der Waals surface area contributed by atoms with Gasteiger partial charge in [-0.2, -0.15) is 4.98 Å². The van der Waals surface area contributed by atoms with E-state index in [2.05, 4.69) is 10.1 Å². The molecule has 31 heavy (non-hydrogen) atoms. The number of nitrogens with zero attached hydrogens (tertiary/aromatic N) is 4. The van der Waals surface area contributed by atoms with E-state index in [-0.39, 0.29) is 24.3 Å². The van der Waals surface area contributed by atoms with E-state index in [4.69, 9.17) is 9.26 Å². The minimum Gasteiger partial charge on any atom is -0.485 e. The highest BCUT2D eigenvalue weighted by molar-refractivity contribution is 5.97. The van der Waals surface area contributed by atoms with Crippen LogP contribution in [0.25, 0.3) is 0 Å². The van der Waals surface area contributed by atoms with Crippen LogP contribution in [0.1, 0.15) is 60.6 Å². The molecule has 4 rings (SSSR count). The molecular formula is C23H30N4O4. The molecule has 2 fully saturated rings. The molecular weight excluding hydrogens is 396 g/mol. The van der Waals surface area contributed by atoms with Gasteiger partial charge in [0.25, 0.3) is 5.91 Å². The van der Waals surface area contributed by atoms with E-state index in [1.165, 1.54) is 12.8 Å². The summed E-state index contributed by atoms with van der Waals surface area (Å²) in [5.74, 6) is 1.63. The number of piperidine rings is 1. The molecule has 3 heterocycles. The molecule has 0 saturated carbocycles. The maximum atomic E-state index is 13.2. The molecule has 2 aliphatic rings. The highest BCUT2D eigenvalue weighted by Gasteiger charge is 2.31. The average Bonchev–Trinajstić information content (AvgIpc) is 3.04. The maximum absolute atomic E-state index is 13.2. The fraction of sp³-hybridized carbons (Fsp3) is 0.565. The van der Waals surface area contributed by atoms with Gasteiger partial charge in [-0.1, -0.05) is 30.1 Å². The molecule has 0 spiro atoms. The van der Waals surface area contributed by atoms with Crippen molar-refractivity contribution in [2.45, 2.75) is 52.1 Å². The first-order valence-electron chi connectivity index (χ1n) is 11.2. The van der Waals surface area contributed by atoms with Gasteiger partial charge in [0.15, 0.2) is 6.61 Å². The van der Waals surface area contributed by atoms with E-state index >= 15 is 0 Å². The number of carbonyl (C=O) groups is 2. The SMILES string of the molecule is Cc1nc(COc2ccccc2C(=O)N2CCC(C(=O)N3CCCCCC3)CC2)no1. The minimum absolute atomic E-state index is 0.0233. The molecule has 0 bridgehead atoms. The van der Waals surface area contributed by atoms with Crippen molar-refractivity contribution in [3.05, 3.63) is 41.5 Å². The van der Waals surface area contributed by atoms with Crippen molar-refractivity contribution in [1.82, 2.24) is 19.9 Å². The van der Waals surface area contributed by atoms with Gasteiger partial charge in [0.2, 0.25) is 17.6 Å². The first-order chi connectivity index (χ1) is 15.1. The molecule has 8 heteroatoms. The molecule has 0 N–H and O–H groups in total. The molecule has 0 radical (unpaired) electrons. The van der Waals surface area contributed by atoms with Gasteiger partial charge in [-0.3, -0.25) is 9.59 Å². The predicted octanol–water partition coefficient (Wildman–Crippen LogP) is 3.21. The zero-order valence-electron chi connectivity index (χ0n) is 18.1. The van der Waals surface area contributed by atoms with Crippen molar-refractivity contribution in [2.75, 3.05) is 26.2 Å². The Labute approximate surface area is 182 Å². The van der Waals surface area contributed by atoms with Crippen LogP contribution in [0.3, 0.4) is 0 Å². The molecule has 1 aromatic carbocycles. The lowest BCUT2D eigenvalue weighted by atomic mass is 9.94. The van der Waals surface area contributed by atoms with E-state index in [1.807, 2.05) is 21.9 Å². The smallest absolute Gasteiger partial charge is 0.257 e. The Bertz CT molecular complexity index is 896. The lowest BCUT2D eigenvalue weighted by Gasteiger charge is -2.34. The fourth-order valence-electron chi connectivity index (χ4n) is 4.36. The zero-order chi connectivity index (χ0) is 21.6. The van der Waals surface area contributed by atoms with Gasteiger partial charge in [-0.05, 0) is 37.8 Å². The van der Waals surface area contributed by atoms with Gasteiger partial charge in [-0.15, -0.1) is 0 Å². The maximum Gasteiger partial charge on any atom is 0.257 e. The number of amides is 2. The summed E-state index contributed by atoms with van der Waals surface area (Å²) in [6.45, 7) is 4.78. The average molecular weight is 427 g/mol. The second kappa shape index (κ2) is 9.94.